The van der Waals surface area contributed by atoms with E-state index in [1.807, 2.05) is 30.6 Å². The molecular formula is C16H33ClN4O2. The Labute approximate surface area is 146 Å². The summed E-state index contributed by atoms with van der Waals surface area (Å²) in [5.74, 6) is 0.417. The standard InChI is InChI=1S/C16H32N4O2.ClH/c1-5-13(4)15(17)16(22)20-10-8-18(9-11-20)12-14(21)19(6-2)7-3;/h13,15H,5-12,17H2,1-4H3;1H. The zero-order valence-corrected chi connectivity index (χ0v) is 15.8. The lowest BCUT2D eigenvalue weighted by atomic mass is 9.98. The van der Waals surface area contributed by atoms with E-state index in [0.717, 1.165) is 32.6 Å². The van der Waals surface area contributed by atoms with Gasteiger partial charge in [0, 0.05) is 39.3 Å². The van der Waals surface area contributed by atoms with E-state index >= 15 is 0 Å². The highest BCUT2D eigenvalue weighted by Crippen LogP contribution is 2.11. The molecular weight excluding hydrogens is 316 g/mol. The monoisotopic (exact) mass is 348 g/mol. The maximum Gasteiger partial charge on any atom is 0.239 e. The molecule has 1 heterocycles. The zero-order chi connectivity index (χ0) is 16.7. The van der Waals surface area contributed by atoms with Crippen molar-refractivity contribution in [3.63, 3.8) is 0 Å². The largest absolute Gasteiger partial charge is 0.342 e. The molecule has 2 unspecified atom stereocenters. The number of halogens is 1. The van der Waals surface area contributed by atoms with Crippen LogP contribution in [0.4, 0.5) is 0 Å². The van der Waals surface area contributed by atoms with Crippen molar-refractivity contribution in [2.45, 2.75) is 40.2 Å². The molecule has 1 fully saturated rings. The average Bonchev–Trinajstić information content (AvgIpc) is 2.54. The second-order valence-corrected chi connectivity index (χ2v) is 6.08. The van der Waals surface area contributed by atoms with Crippen LogP contribution < -0.4 is 5.73 Å². The van der Waals surface area contributed by atoms with Crippen molar-refractivity contribution in [3.05, 3.63) is 0 Å². The molecule has 23 heavy (non-hydrogen) atoms. The first-order chi connectivity index (χ1) is 10.4. The summed E-state index contributed by atoms with van der Waals surface area (Å²) >= 11 is 0. The van der Waals surface area contributed by atoms with Gasteiger partial charge in [-0.3, -0.25) is 14.5 Å². The number of piperazine rings is 1. The lowest BCUT2D eigenvalue weighted by molar-refractivity contribution is -0.136. The third kappa shape index (κ3) is 6.28. The highest BCUT2D eigenvalue weighted by Gasteiger charge is 2.28. The predicted octanol–water partition coefficient (Wildman–Crippen LogP) is 0.794. The van der Waals surface area contributed by atoms with E-state index in [4.69, 9.17) is 5.73 Å². The van der Waals surface area contributed by atoms with Gasteiger partial charge in [-0.25, -0.2) is 0 Å². The molecule has 7 heteroatoms. The minimum Gasteiger partial charge on any atom is -0.342 e. The van der Waals surface area contributed by atoms with Crippen LogP contribution in [0.3, 0.4) is 0 Å². The third-order valence-electron chi connectivity index (χ3n) is 4.70. The number of hydrogen-bond acceptors (Lipinski definition) is 4. The van der Waals surface area contributed by atoms with Crippen LogP contribution in [0.25, 0.3) is 0 Å². The summed E-state index contributed by atoms with van der Waals surface area (Å²) in [5.41, 5.74) is 6.03. The Kier molecular flexibility index (Phi) is 10.4. The van der Waals surface area contributed by atoms with Crippen LogP contribution in [0, 0.1) is 5.92 Å². The zero-order valence-electron chi connectivity index (χ0n) is 15.0. The third-order valence-corrected chi connectivity index (χ3v) is 4.70. The van der Waals surface area contributed by atoms with E-state index in [0.29, 0.717) is 19.6 Å². The van der Waals surface area contributed by atoms with Gasteiger partial charge in [0.25, 0.3) is 0 Å². The quantitative estimate of drug-likeness (QED) is 0.738. The minimum atomic E-state index is -0.408. The lowest BCUT2D eigenvalue weighted by Crippen LogP contribution is -2.55. The molecule has 2 amide bonds. The molecule has 1 aliphatic rings. The minimum absolute atomic E-state index is 0. The van der Waals surface area contributed by atoms with Gasteiger partial charge in [-0.15, -0.1) is 12.4 Å². The summed E-state index contributed by atoms with van der Waals surface area (Å²) in [6.07, 6.45) is 0.908. The molecule has 0 aromatic rings. The number of amides is 2. The number of hydrogen-bond donors (Lipinski definition) is 1. The van der Waals surface area contributed by atoms with E-state index in [1.165, 1.54) is 0 Å². The Morgan fingerprint density at radius 3 is 2.04 bits per heavy atom. The van der Waals surface area contributed by atoms with Crippen LogP contribution >= 0.6 is 12.4 Å². The van der Waals surface area contributed by atoms with Gasteiger partial charge in [0.05, 0.1) is 12.6 Å². The summed E-state index contributed by atoms with van der Waals surface area (Å²) in [7, 11) is 0. The molecule has 0 spiro atoms. The van der Waals surface area contributed by atoms with E-state index < -0.39 is 6.04 Å². The Hall–Kier alpha value is -0.850. The molecule has 0 saturated carbocycles. The molecule has 136 valence electrons. The van der Waals surface area contributed by atoms with Gasteiger partial charge in [-0.05, 0) is 19.8 Å². The van der Waals surface area contributed by atoms with E-state index in [-0.39, 0.29) is 30.1 Å². The SMILES string of the molecule is CCC(C)C(N)C(=O)N1CCN(CC(=O)N(CC)CC)CC1.Cl. The fraction of sp³-hybridized carbons (Fsp3) is 0.875. The van der Waals surface area contributed by atoms with Crippen LogP contribution in [0.1, 0.15) is 34.1 Å². The second-order valence-electron chi connectivity index (χ2n) is 6.08. The maximum absolute atomic E-state index is 12.3. The van der Waals surface area contributed by atoms with Crippen molar-refractivity contribution < 1.29 is 9.59 Å². The smallest absolute Gasteiger partial charge is 0.239 e. The highest BCUT2D eigenvalue weighted by molar-refractivity contribution is 5.85. The van der Waals surface area contributed by atoms with Gasteiger partial charge < -0.3 is 15.5 Å². The molecule has 0 aliphatic carbocycles. The molecule has 0 radical (unpaired) electrons. The van der Waals surface area contributed by atoms with Gasteiger partial charge >= 0.3 is 0 Å². The van der Waals surface area contributed by atoms with Crippen LogP contribution in [-0.2, 0) is 9.59 Å². The van der Waals surface area contributed by atoms with E-state index in [9.17, 15) is 9.59 Å². The lowest BCUT2D eigenvalue weighted by Gasteiger charge is -2.37. The molecule has 1 saturated heterocycles. The Balaban J connectivity index is 0.00000484. The molecule has 2 N–H and O–H groups in total. The number of rotatable bonds is 7. The Bertz CT molecular complexity index is 369. The van der Waals surface area contributed by atoms with Crippen molar-refractivity contribution in [2.75, 3.05) is 45.8 Å². The topological polar surface area (TPSA) is 69.9 Å². The molecule has 1 rings (SSSR count). The summed E-state index contributed by atoms with van der Waals surface area (Å²) in [6, 6.07) is -0.408. The summed E-state index contributed by atoms with van der Waals surface area (Å²) < 4.78 is 0. The Morgan fingerprint density at radius 2 is 1.61 bits per heavy atom. The molecule has 0 bridgehead atoms. The molecule has 6 nitrogen and oxygen atoms in total. The van der Waals surface area contributed by atoms with Crippen LogP contribution in [-0.4, -0.2) is 78.4 Å². The first-order valence-electron chi connectivity index (χ1n) is 8.48. The van der Waals surface area contributed by atoms with Crippen molar-refractivity contribution in [1.82, 2.24) is 14.7 Å². The van der Waals surface area contributed by atoms with Gasteiger partial charge in [-0.1, -0.05) is 20.3 Å². The fourth-order valence-electron chi connectivity index (χ4n) is 2.70. The van der Waals surface area contributed by atoms with Crippen LogP contribution in [0.5, 0.6) is 0 Å². The fourth-order valence-corrected chi connectivity index (χ4v) is 2.70. The maximum atomic E-state index is 12.3. The van der Waals surface area contributed by atoms with E-state index in [1.54, 1.807) is 0 Å². The number of carbonyl (C=O) groups is 2. The summed E-state index contributed by atoms with van der Waals surface area (Å²) in [4.78, 5) is 30.3. The number of nitrogens with zero attached hydrogens (tertiary/aromatic N) is 3. The van der Waals surface area contributed by atoms with Crippen LogP contribution in [0.15, 0.2) is 0 Å². The molecule has 0 aromatic heterocycles. The van der Waals surface area contributed by atoms with Crippen LogP contribution in [0.2, 0.25) is 0 Å². The van der Waals surface area contributed by atoms with Gasteiger partial charge in [-0.2, -0.15) is 0 Å². The van der Waals surface area contributed by atoms with E-state index in [2.05, 4.69) is 11.8 Å². The first-order valence-corrected chi connectivity index (χ1v) is 8.48. The summed E-state index contributed by atoms with van der Waals surface area (Å²) in [6.45, 7) is 12.8. The van der Waals surface area contributed by atoms with Crippen molar-refractivity contribution in [1.29, 1.82) is 0 Å². The molecule has 2 atom stereocenters. The number of nitrogens with two attached hydrogens (primary N) is 1. The average molecular weight is 349 g/mol. The Morgan fingerprint density at radius 1 is 1.09 bits per heavy atom. The number of carbonyl (C=O) groups excluding carboxylic acids is 2. The normalized spacial score (nSPS) is 18.0. The van der Waals surface area contributed by atoms with Gasteiger partial charge in [0.1, 0.15) is 0 Å². The summed E-state index contributed by atoms with van der Waals surface area (Å²) in [5, 5.41) is 0. The van der Waals surface area contributed by atoms with Gasteiger partial charge in [0.15, 0.2) is 0 Å². The van der Waals surface area contributed by atoms with Gasteiger partial charge in [0.2, 0.25) is 11.8 Å². The predicted molar refractivity (Wildman–Crippen MR) is 95.6 cm³/mol. The number of likely N-dealkylation sites (N-methyl/N-ethyl adjacent to an activating group) is 1. The first kappa shape index (κ1) is 22.1. The van der Waals surface area contributed by atoms with Crippen molar-refractivity contribution in [3.8, 4) is 0 Å². The highest BCUT2D eigenvalue weighted by atomic mass is 35.5. The van der Waals surface area contributed by atoms with Crippen molar-refractivity contribution in [2.24, 2.45) is 11.7 Å². The van der Waals surface area contributed by atoms with Crippen molar-refractivity contribution >= 4 is 24.2 Å². The molecule has 0 aromatic carbocycles. The second kappa shape index (κ2) is 10.8. The molecule has 1 aliphatic heterocycles.